The second kappa shape index (κ2) is 10.0. The monoisotopic (exact) mass is 366 g/mol. The smallest absolute Gasteiger partial charge is 0.338 e. The Hall–Kier alpha value is -0.830. The maximum atomic E-state index is 11.9. The van der Waals surface area contributed by atoms with E-state index in [2.05, 4.69) is 15.9 Å². The van der Waals surface area contributed by atoms with E-state index in [1.807, 2.05) is 12.1 Å². The summed E-state index contributed by atoms with van der Waals surface area (Å²) >= 11 is 3.37. The van der Waals surface area contributed by atoms with Crippen molar-refractivity contribution in [1.29, 1.82) is 0 Å². The molecule has 3 heteroatoms. The summed E-state index contributed by atoms with van der Waals surface area (Å²) in [6.07, 6.45) is 13.3. The molecule has 0 unspecified atom stereocenters. The minimum absolute atomic E-state index is 0.207. The van der Waals surface area contributed by atoms with Gasteiger partial charge in [0.15, 0.2) is 0 Å². The van der Waals surface area contributed by atoms with Crippen molar-refractivity contribution in [3.63, 3.8) is 0 Å². The Balaban J connectivity index is 1.65. The second-order valence-corrected chi connectivity index (χ2v) is 7.27. The van der Waals surface area contributed by atoms with Crippen LogP contribution in [-0.2, 0) is 4.74 Å². The number of benzene rings is 1. The molecule has 0 atom stereocenters. The highest BCUT2D eigenvalue weighted by Crippen LogP contribution is 2.25. The lowest BCUT2D eigenvalue weighted by atomic mass is 9.92. The van der Waals surface area contributed by atoms with Gasteiger partial charge in [0, 0.05) is 4.47 Å². The largest absolute Gasteiger partial charge is 0.462 e. The van der Waals surface area contributed by atoms with Crippen LogP contribution in [0.25, 0.3) is 0 Å². The molecule has 0 radical (unpaired) electrons. The molecule has 0 amide bonds. The summed E-state index contributed by atoms with van der Waals surface area (Å²) in [6, 6.07) is 7.33. The fourth-order valence-electron chi connectivity index (χ4n) is 3.21. The Morgan fingerprint density at radius 2 is 1.59 bits per heavy atom. The third-order valence-corrected chi connectivity index (χ3v) is 5.07. The van der Waals surface area contributed by atoms with E-state index in [0.29, 0.717) is 12.2 Å². The lowest BCUT2D eigenvalue weighted by molar-refractivity contribution is 0.0492. The molecule has 0 aromatic heterocycles. The Kier molecular flexibility index (Phi) is 8.00. The maximum Gasteiger partial charge on any atom is 0.338 e. The highest BCUT2D eigenvalue weighted by Gasteiger charge is 2.11. The molecule has 1 aromatic carbocycles. The van der Waals surface area contributed by atoms with Gasteiger partial charge in [-0.15, -0.1) is 0 Å². The van der Waals surface area contributed by atoms with Gasteiger partial charge in [0.2, 0.25) is 0 Å². The summed E-state index contributed by atoms with van der Waals surface area (Å²) in [7, 11) is 0. The first-order chi connectivity index (χ1) is 10.8. The summed E-state index contributed by atoms with van der Waals surface area (Å²) in [4.78, 5) is 11.9. The van der Waals surface area contributed by atoms with Gasteiger partial charge in [0.05, 0.1) is 12.2 Å². The van der Waals surface area contributed by atoms with Crippen LogP contribution in [0.5, 0.6) is 0 Å². The molecule has 0 saturated heterocycles. The summed E-state index contributed by atoms with van der Waals surface area (Å²) in [5, 5.41) is 0. The van der Waals surface area contributed by atoms with Crippen molar-refractivity contribution in [2.75, 3.05) is 6.61 Å². The molecule has 0 N–H and O–H groups in total. The van der Waals surface area contributed by atoms with Crippen LogP contribution >= 0.6 is 15.9 Å². The number of carbonyl (C=O) groups is 1. The van der Waals surface area contributed by atoms with E-state index >= 15 is 0 Å². The molecule has 1 aromatic rings. The van der Waals surface area contributed by atoms with Gasteiger partial charge in [0.1, 0.15) is 0 Å². The fraction of sp³-hybridized carbons (Fsp3) is 0.632. The number of rotatable bonds is 5. The van der Waals surface area contributed by atoms with Crippen LogP contribution in [-0.4, -0.2) is 12.6 Å². The van der Waals surface area contributed by atoms with Gasteiger partial charge in [-0.3, -0.25) is 0 Å². The van der Waals surface area contributed by atoms with E-state index in [0.717, 1.165) is 16.8 Å². The van der Waals surface area contributed by atoms with Crippen LogP contribution in [0.1, 0.15) is 74.6 Å². The predicted octanol–water partition coefficient (Wildman–Crippen LogP) is 6.14. The molecule has 1 aliphatic carbocycles. The van der Waals surface area contributed by atoms with E-state index in [9.17, 15) is 4.79 Å². The van der Waals surface area contributed by atoms with E-state index < -0.39 is 0 Å². The molecule has 0 bridgehead atoms. The molecule has 0 heterocycles. The van der Waals surface area contributed by atoms with Crippen molar-refractivity contribution in [2.45, 2.75) is 64.2 Å². The third-order valence-electron chi connectivity index (χ3n) is 4.54. The topological polar surface area (TPSA) is 26.3 Å². The van der Waals surface area contributed by atoms with Gasteiger partial charge < -0.3 is 4.74 Å². The van der Waals surface area contributed by atoms with Gasteiger partial charge in [-0.2, -0.15) is 0 Å². The second-order valence-electron chi connectivity index (χ2n) is 6.35. The highest BCUT2D eigenvalue weighted by atomic mass is 79.9. The molecule has 22 heavy (non-hydrogen) atoms. The maximum absolute atomic E-state index is 11.9. The fourth-order valence-corrected chi connectivity index (χ4v) is 3.48. The summed E-state index contributed by atoms with van der Waals surface area (Å²) in [6.45, 7) is 0.547. The van der Waals surface area contributed by atoms with Crippen LogP contribution in [0.4, 0.5) is 0 Å². The molecule has 0 aliphatic heterocycles. The van der Waals surface area contributed by atoms with Crippen LogP contribution in [0, 0.1) is 5.92 Å². The Morgan fingerprint density at radius 3 is 2.23 bits per heavy atom. The third kappa shape index (κ3) is 6.51. The van der Waals surface area contributed by atoms with Gasteiger partial charge in [0.25, 0.3) is 0 Å². The number of esters is 1. The zero-order chi connectivity index (χ0) is 15.6. The van der Waals surface area contributed by atoms with Crippen molar-refractivity contribution >= 4 is 21.9 Å². The predicted molar refractivity (Wildman–Crippen MR) is 94.1 cm³/mol. The lowest BCUT2D eigenvalue weighted by Gasteiger charge is -2.15. The summed E-state index contributed by atoms with van der Waals surface area (Å²) in [5.41, 5.74) is 0.630. The van der Waals surface area contributed by atoms with E-state index in [1.165, 1.54) is 57.8 Å². The lowest BCUT2D eigenvalue weighted by Crippen LogP contribution is -2.08. The first-order valence-electron chi connectivity index (χ1n) is 8.68. The van der Waals surface area contributed by atoms with Crippen molar-refractivity contribution in [2.24, 2.45) is 5.92 Å². The van der Waals surface area contributed by atoms with Crippen molar-refractivity contribution in [3.05, 3.63) is 34.3 Å². The van der Waals surface area contributed by atoms with Gasteiger partial charge in [-0.05, 0) is 43.0 Å². The molecule has 1 aliphatic rings. The number of hydrogen-bond donors (Lipinski definition) is 0. The van der Waals surface area contributed by atoms with Gasteiger partial charge >= 0.3 is 5.97 Å². The number of hydrogen-bond acceptors (Lipinski definition) is 2. The number of halogens is 1. The average Bonchev–Trinajstić information content (AvgIpc) is 2.66. The Morgan fingerprint density at radius 1 is 1.00 bits per heavy atom. The van der Waals surface area contributed by atoms with Crippen LogP contribution < -0.4 is 0 Å². The number of ether oxygens (including phenoxy) is 1. The molecule has 2 nitrogen and oxygen atoms in total. The van der Waals surface area contributed by atoms with E-state index in [1.54, 1.807) is 12.1 Å². The summed E-state index contributed by atoms with van der Waals surface area (Å²) in [5.74, 6) is 0.631. The van der Waals surface area contributed by atoms with Crippen molar-refractivity contribution in [3.8, 4) is 0 Å². The highest BCUT2D eigenvalue weighted by molar-refractivity contribution is 9.10. The molecule has 0 spiro atoms. The first-order valence-corrected chi connectivity index (χ1v) is 9.48. The average molecular weight is 367 g/mol. The molecule has 1 fully saturated rings. The minimum atomic E-state index is -0.207. The number of carbonyl (C=O) groups excluding carboxylic acids is 1. The Labute approximate surface area is 142 Å². The normalized spacial score (nSPS) is 17.3. The minimum Gasteiger partial charge on any atom is -0.462 e. The van der Waals surface area contributed by atoms with Gasteiger partial charge in [-0.25, -0.2) is 4.79 Å². The molecule has 1 saturated carbocycles. The van der Waals surface area contributed by atoms with E-state index in [-0.39, 0.29) is 5.97 Å². The zero-order valence-corrected chi connectivity index (χ0v) is 14.9. The molecule has 2 rings (SSSR count). The first kappa shape index (κ1) is 17.5. The SMILES string of the molecule is O=C(OCCCC1CCCCCCCC1)c1ccc(Br)cc1. The standard InChI is InChI=1S/C19H27BrO2/c20-18-13-11-17(12-14-18)19(21)22-15-7-10-16-8-5-3-1-2-4-6-9-16/h11-14,16H,1-10,15H2. The molecule has 122 valence electrons. The van der Waals surface area contributed by atoms with Gasteiger partial charge in [-0.1, -0.05) is 67.3 Å². The summed E-state index contributed by atoms with van der Waals surface area (Å²) < 4.78 is 6.36. The van der Waals surface area contributed by atoms with Crippen molar-refractivity contribution < 1.29 is 9.53 Å². The van der Waals surface area contributed by atoms with Crippen LogP contribution in [0.15, 0.2) is 28.7 Å². The van der Waals surface area contributed by atoms with Crippen LogP contribution in [0.3, 0.4) is 0 Å². The van der Waals surface area contributed by atoms with Crippen molar-refractivity contribution in [1.82, 2.24) is 0 Å². The van der Waals surface area contributed by atoms with Crippen LogP contribution in [0.2, 0.25) is 0 Å². The zero-order valence-electron chi connectivity index (χ0n) is 13.4. The van der Waals surface area contributed by atoms with E-state index in [4.69, 9.17) is 4.74 Å². The quantitative estimate of drug-likeness (QED) is 0.462. The molecular formula is C19H27BrO2. The molecular weight excluding hydrogens is 340 g/mol. The Bertz CT molecular complexity index is 431.